The summed E-state index contributed by atoms with van der Waals surface area (Å²) in [6, 6.07) is 8.16. The molecule has 0 bridgehead atoms. The maximum atomic E-state index is 10.9. The topological polar surface area (TPSA) is 103 Å². The lowest BCUT2D eigenvalue weighted by atomic mass is 10.2. The fourth-order valence-electron chi connectivity index (χ4n) is 2.23. The molecule has 8 heteroatoms. The van der Waals surface area contributed by atoms with Crippen LogP contribution in [0.5, 0.6) is 5.75 Å². The second-order valence-corrected chi connectivity index (χ2v) is 5.26. The number of hydrogen-bond acceptors (Lipinski definition) is 7. The van der Waals surface area contributed by atoms with Crippen molar-refractivity contribution in [2.45, 2.75) is 20.8 Å². The van der Waals surface area contributed by atoms with E-state index in [4.69, 9.17) is 4.74 Å². The molecular weight excluding hydrogens is 346 g/mol. The van der Waals surface area contributed by atoms with Crippen LogP contribution in [0, 0.1) is 17.0 Å². The number of anilines is 2. The van der Waals surface area contributed by atoms with Crippen LogP contribution < -0.4 is 10.1 Å². The van der Waals surface area contributed by atoms with Gasteiger partial charge in [-0.3, -0.25) is 15.1 Å². The number of nitro benzene ring substituents is 1. The molecule has 0 saturated carbocycles. The molecule has 0 unspecified atom stereocenters. The molecule has 27 heavy (non-hydrogen) atoms. The Labute approximate surface area is 157 Å². The number of nitrogens with zero attached hydrogens (tertiary/aromatic N) is 4. The Bertz CT molecular complexity index is 931. The monoisotopic (exact) mass is 367 g/mol. The van der Waals surface area contributed by atoms with Crippen LogP contribution in [0.1, 0.15) is 19.4 Å². The lowest BCUT2D eigenvalue weighted by molar-refractivity contribution is -0.384. The third kappa shape index (κ3) is 4.97. The van der Waals surface area contributed by atoms with Gasteiger partial charge in [0.1, 0.15) is 5.75 Å². The summed E-state index contributed by atoms with van der Waals surface area (Å²) < 4.78 is 5.17. The van der Waals surface area contributed by atoms with E-state index in [2.05, 4.69) is 20.3 Å². The predicted octanol–water partition coefficient (Wildman–Crippen LogP) is 4.53. The van der Waals surface area contributed by atoms with Crippen molar-refractivity contribution in [2.24, 2.45) is 0 Å². The minimum absolute atomic E-state index is 0.00116. The first kappa shape index (κ1) is 19.8. The summed E-state index contributed by atoms with van der Waals surface area (Å²) in [7, 11) is 1.57. The Balaban J connectivity index is 0.00000126. The Hall–Kier alpha value is -3.55. The Morgan fingerprint density at radius 3 is 2.63 bits per heavy atom. The maximum Gasteiger partial charge on any atom is 0.271 e. The Morgan fingerprint density at radius 2 is 1.93 bits per heavy atom. The molecule has 0 aliphatic heterocycles. The molecule has 0 atom stereocenters. The molecule has 3 rings (SSSR count). The van der Waals surface area contributed by atoms with Gasteiger partial charge >= 0.3 is 0 Å². The number of ether oxygens (including phenoxy) is 1. The van der Waals surface area contributed by atoms with E-state index < -0.39 is 4.92 Å². The molecule has 0 amide bonds. The maximum absolute atomic E-state index is 10.9. The predicted molar refractivity (Wildman–Crippen MR) is 104 cm³/mol. The van der Waals surface area contributed by atoms with E-state index in [1.54, 1.807) is 37.8 Å². The summed E-state index contributed by atoms with van der Waals surface area (Å²) in [4.78, 5) is 23.2. The van der Waals surface area contributed by atoms with Gasteiger partial charge in [-0.2, -0.15) is 0 Å². The number of aryl methyl sites for hydroxylation is 1. The first-order valence-corrected chi connectivity index (χ1v) is 8.41. The minimum atomic E-state index is -0.441. The van der Waals surface area contributed by atoms with E-state index in [9.17, 15) is 10.1 Å². The van der Waals surface area contributed by atoms with Crippen LogP contribution in [0.15, 0.2) is 48.9 Å². The second kappa shape index (κ2) is 9.23. The number of aromatic nitrogens is 3. The highest BCUT2D eigenvalue weighted by atomic mass is 16.6. The van der Waals surface area contributed by atoms with Crippen LogP contribution in [0.4, 0.5) is 17.3 Å². The molecular formula is C19H21N5O3. The highest BCUT2D eigenvalue weighted by molar-refractivity contribution is 5.65. The van der Waals surface area contributed by atoms with Gasteiger partial charge in [0.2, 0.25) is 5.95 Å². The normalized spacial score (nSPS) is 9.78. The largest absolute Gasteiger partial charge is 0.495 e. The average molecular weight is 367 g/mol. The molecule has 8 nitrogen and oxygen atoms in total. The third-order valence-electron chi connectivity index (χ3n) is 3.58. The van der Waals surface area contributed by atoms with Crippen LogP contribution in [0.2, 0.25) is 0 Å². The van der Waals surface area contributed by atoms with Crippen LogP contribution in [0.3, 0.4) is 0 Å². The molecule has 0 spiro atoms. The molecule has 1 N–H and O–H groups in total. The number of benzene rings is 1. The van der Waals surface area contributed by atoms with Gasteiger partial charge in [-0.25, -0.2) is 9.97 Å². The van der Waals surface area contributed by atoms with Gasteiger partial charge in [0, 0.05) is 30.1 Å². The molecule has 140 valence electrons. The van der Waals surface area contributed by atoms with Gasteiger partial charge in [0.25, 0.3) is 5.69 Å². The smallest absolute Gasteiger partial charge is 0.271 e. The highest BCUT2D eigenvalue weighted by Crippen LogP contribution is 2.25. The number of rotatable bonds is 5. The SMILES string of the molecule is CC.COc1cncc(-c2ccnc(Nc3cc([N+](=O)[O-])ccc3C)n2)c1. The average Bonchev–Trinajstić information content (AvgIpc) is 2.71. The van der Waals surface area contributed by atoms with E-state index in [0.717, 1.165) is 11.1 Å². The van der Waals surface area contributed by atoms with Gasteiger partial charge in [-0.1, -0.05) is 19.9 Å². The van der Waals surface area contributed by atoms with E-state index in [-0.39, 0.29) is 5.69 Å². The summed E-state index contributed by atoms with van der Waals surface area (Å²) in [6.45, 7) is 5.85. The summed E-state index contributed by atoms with van der Waals surface area (Å²) in [6.07, 6.45) is 4.89. The number of methoxy groups -OCH3 is 1. The zero-order valence-corrected chi connectivity index (χ0v) is 15.6. The summed E-state index contributed by atoms with van der Waals surface area (Å²) >= 11 is 0. The lowest BCUT2D eigenvalue weighted by Crippen LogP contribution is -2.00. The number of hydrogen-bond donors (Lipinski definition) is 1. The quantitative estimate of drug-likeness (QED) is 0.522. The van der Waals surface area contributed by atoms with Crippen LogP contribution >= 0.6 is 0 Å². The molecule has 2 aromatic heterocycles. The zero-order chi connectivity index (χ0) is 19.8. The van der Waals surface area contributed by atoms with E-state index in [1.165, 1.54) is 12.1 Å². The van der Waals surface area contributed by atoms with Gasteiger partial charge in [0.15, 0.2) is 0 Å². The van der Waals surface area contributed by atoms with E-state index >= 15 is 0 Å². The van der Waals surface area contributed by atoms with Crippen molar-refractivity contribution in [1.29, 1.82) is 0 Å². The molecule has 0 radical (unpaired) electrons. The molecule has 0 aliphatic rings. The fraction of sp³-hybridized carbons (Fsp3) is 0.211. The second-order valence-electron chi connectivity index (χ2n) is 5.26. The van der Waals surface area contributed by atoms with Crippen molar-refractivity contribution >= 4 is 17.3 Å². The molecule has 2 heterocycles. The van der Waals surface area contributed by atoms with Crippen LogP contribution in [0.25, 0.3) is 11.3 Å². The summed E-state index contributed by atoms with van der Waals surface area (Å²) in [5.41, 5.74) is 2.87. The number of nitro groups is 1. The van der Waals surface area contributed by atoms with Gasteiger partial charge in [0.05, 0.1) is 29.6 Å². The van der Waals surface area contributed by atoms with Gasteiger partial charge < -0.3 is 10.1 Å². The van der Waals surface area contributed by atoms with Crippen LogP contribution in [-0.4, -0.2) is 27.0 Å². The van der Waals surface area contributed by atoms with Crippen molar-refractivity contribution in [3.8, 4) is 17.0 Å². The molecule has 0 saturated heterocycles. The van der Waals surface area contributed by atoms with Gasteiger partial charge in [-0.15, -0.1) is 0 Å². The fourth-order valence-corrected chi connectivity index (χ4v) is 2.23. The van der Waals surface area contributed by atoms with Crippen molar-refractivity contribution in [3.63, 3.8) is 0 Å². The van der Waals surface area contributed by atoms with Crippen molar-refractivity contribution < 1.29 is 9.66 Å². The third-order valence-corrected chi connectivity index (χ3v) is 3.58. The highest BCUT2D eigenvalue weighted by Gasteiger charge is 2.10. The van der Waals surface area contributed by atoms with Crippen molar-refractivity contribution in [1.82, 2.24) is 15.0 Å². The standard InChI is InChI=1S/C17H15N5O3.C2H6/c1-11-3-4-13(22(23)24)8-16(11)21-17-19-6-5-15(20-17)12-7-14(25-2)10-18-9-12;1-2/h3-10H,1-2H3,(H,19,20,21);1-2H3. The number of pyridine rings is 1. The molecule has 1 aromatic carbocycles. The van der Waals surface area contributed by atoms with E-state index in [1.807, 2.05) is 26.8 Å². The number of nitrogens with one attached hydrogen (secondary N) is 1. The van der Waals surface area contributed by atoms with Crippen molar-refractivity contribution in [3.05, 3.63) is 64.6 Å². The molecule has 0 aliphatic carbocycles. The molecule has 3 aromatic rings. The Kier molecular flexibility index (Phi) is 6.76. The lowest BCUT2D eigenvalue weighted by Gasteiger charge is -2.09. The van der Waals surface area contributed by atoms with Crippen molar-refractivity contribution in [2.75, 3.05) is 12.4 Å². The number of non-ortho nitro benzene ring substituents is 1. The molecule has 0 fully saturated rings. The van der Waals surface area contributed by atoms with E-state index in [0.29, 0.717) is 23.1 Å². The summed E-state index contributed by atoms with van der Waals surface area (Å²) in [5.74, 6) is 0.962. The van der Waals surface area contributed by atoms with Crippen LogP contribution in [-0.2, 0) is 0 Å². The first-order valence-electron chi connectivity index (χ1n) is 8.41. The summed E-state index contributed by atoms with van der Waals surface area (Å²) in [5, 5.41) is 14.0. The zero-order valence-electron chi connectivity index (χ0n) is 15.6. The Morgan fingerprint density at radius 1 is 1.15 bits per heavy atom. The van der Waals surface area contributed by atoms with Gasteiger partial charge in [-0.05, 0) is 24.6 Å². The first-order chi connectivity index (χ1) is 13.1. The minimum Gasteiger partial charge on any atom is -0.495 e.